The van der Waals surface area contributed by atoms with Crippen molar-refractivity contribution >= 4 is 23.3 Å². The molecule has 112 valence electrons. The second-order valence-corrected chi connectivity index (χ2v) is 5.07. The summed E-state index contributed by atoms with van der Waals surface area (Å²) in [5.74, 6) is 6.22. The minimum Gasteiger partial charge on any atom is -0.469 e. The van der Waals surface area contributed by atoms with Gasteiger partial charge >= 0.3 is 0 Å². The van der Waals surface area contributed by atoms with E-state index >= 15 is 0 Å². The molecule has 2 rings (SSSR count). The van der Waals surface area contributed by atoms with E-state index in [1.54, 1.807) is 18.4 Å². The number of furan rings is 1. The predicted octanol–water partition coefficient (Wildman–Crippen LogP) is 2.36. The number of anilines is 1. The van der Waals surface area contributed by atoms with Crippen LogP contribution in [0.15, 0.2) is 34.9 Å². The van der Waals surface area contributed by atoms with Crippen LogP contribution in [0.25, 0.3) is 0 Å². The third-order valence-corrected chi connectivity index (χ3v) is 3.30. The van der Waals surface area contributed by atoms with E-state index in [2.05, 4.69) is 15.7 Å². The fraction of sp³-hybridized carbons (Fsp3) is 0.286. The molecule has 0 aliphatic heterocycles. The van der Waals surface area contributed by atoms with Crippen LogP contribution in [0.2, 0.25) is 5.02 Å². The Hall–Kier alpha value is -2.05. The van der Waals surface area contributed by atoms with Gasteiger partial charge in [-0.2, -0.15) is 0 Å². The summed E-state index contributed by atoms with van der Waals surface area (Å²) < 4.78 is 5.25. The van der Waals surface area contributed by atoms with Crippen molar-refractivity contribution in [3.8, 4) is 0 Å². The minimum absolute atomic E-state index is 0.0324. The van der Waals surface area contributed by atoms with E-state index < -0.39 is 0 Å². The van der Waals surface area contributed by atoms with Crippen LogP contribution in [0.1, 0.15) is 29.6 Å². The van der Waals surface area contributed by atoms with E-state index in [0.29, 0.717) is 5.82 Å². The lowest BCUT2D eigenvalue weighted by atomic mass is 10.1. The molecule has 0 bridgehead atoms. The molecule has 1 amide bonds. The number of aromatic nitrogens is 1. The van der Waals surface area contributed by atoms with Crippen molar-refractivity contribution < 1.29 is 9.21 Å². The van der Waals surface area contributed by atoms with Gasteiger partial charge in [0.25, 0.3) is 5.91 Å². The van der Waals surface area contributed by atoms with Crippen LogP contribution in [0.3, 0.4) is 0 Å². The third-order valence-electron chi connectivity index (χ3n) is 2.99. The van der Waals surface area contributed by atoms with Crippen LogP contribution < -0.4 is 16.6 Å². The highest BCUT2D eigenvalue weighted by atomic mass is 35.5. The van der Waals surface area contributed by atoms with Gasteiger partial charge in [0.1, 0.15) is 17.3 Å². The lowest BCUT2D eigenvalue weighted by Crippen LogP contribution is -2.33. The van der Waals surface area contributed by atoms with E-state index in [-0.39, 0.29) is 22.7 Å². The van der Waals surface area contributed by atoms with Crippen LogP contribution >= 0.6 is 11.6 Å². The lowest BCUT2D eigenvalue weighted by Gasteiger charge is -2.14. The SMILES string of the molecule is CC(CCc1ccco1)NC(=O)c1nc(NN)ccc1Cl. The van der Waals surface area contributed by atoms with Crippen LogP contribution in [0.5, 0.6) is 0 Å². The summed E-state index contributed by atoms with van der Waals surface area (Å²) in [5.41, 5.74) is 2.53. The number of nitrogens with one attached hydrogen (secondary N) is 2. The molecule has 0 saturated carbocycles. The first-order valence-corrected chi connectivity index (χ1v) is 6.94. The van der Waals surface area contributed by atoms with Gasteiger partial charge in [-0.05, 0) is 37.6 Å². The van der Waals surface area contributed by atoms with Gasteiger partial charge in [-0.15, -0.1) is 0 Å². The standard InChI is InChI=1S/C14H17ClN4O2/c1-9(4-5-10-3-2-8-21-10)17-14(20)13-11(15)6-7-12(18-13)19-16/h2-3,6-9H,4-5,16H2,1H3,(H,17,20)(H,18,19). The summed E-state index contributed by atoms with van der Waals surface area (Å²) in [5, 5.41) is 3.14. The number of carbonyl (C=O) groups excluding carboxylic acids is 1. The van der Waals surface area contributed by atoms with Crippen molar-refractivity contribution in [3.63, 3.8) is 0 Å². The average Bonchev–Trinajstić information content (AvgIpc) is 2.99. The fourth-order valence-electron chi connectivity index (χ4n) is 1.86. The Morgan fingerprint density at radius 3 is 2.95 bits per heavy atom. The smallest absolute Gasteiger partial charge is 0.271 e. The van der Waals surface area contributed by atoms with Crippen molar-refractivity contribution in [2.75, 3.05) is 5.43 Å². The Morgan fingerprint density at radius 2 is 2.29 bits per heavy atom. The number of halogens is 1. The number of nitrogens with zero attached hydrogens (tertiary/aromatic N) is 1. The van der Waals surface area contributed by atoms with Crippen LogP contribution in [0.4, 0.5) is 5.82 Å². The van der Waals surface area contributed by atoms with Crippen LogP contribution in [-0.2, 0) is 6.42 Å². The minimum atomic E-state index is -0.330. The molecule has 0 saturated heterocycles. The van der Waals surface area contributed by atoms with Gasteiger partial charge in [0, 0.05) is 12.5 Å². The first kappa shape index (κ1) is 15.3. The largest absolute Gasteiger partial charge is 0.469 e. The molecule has 2 aromatic rings. The van der Waals surface area contributed by atoms with E-state index in [9.17, 15) is 4.79 Å². The van der Waals surface area contributed by atoms with Gasteiger partial charge < -0.3 is 15.2 Å². The molecular weight excluding hydrogens is 292 g/mol. The number of carbonyl (C=O) groups is 1. The molecule has 7 heteroatoms. The zero-order chi connectivity index (χ0) is 15.2. The quantitative estimate of drug-likeness (QED) is 0.562. The van der Waals surface area contributed by atoms with Gasteiger partial charge in [0.2, 0.25) is 0 Å². The van der Waals surface area contributed by atoms with Crippen molar-refractivity contribution in [2.24, 2.45) is 5.84 Å². The number of aryl methyl sites for hydroxylation is 1. The number of amides is 1. The second kappa shape index (κ2) is 7.10. The van der Waals surface area contributed by atoms with E-state index in [0.717, 1.165) is 18.6 Å². The number of hydrogen-bond donors (Lipinski definition) is 3. The van der Waals surface area contributed by atoms with Gasteiger partial charge in [0.15, 0.2) is 0 Å². The van der Waals surface area contributed by atoms with E-state index in [4.69, 9.17) is 21.9 Å². The molecule has 0 aromatic carbocycles. The molecule has 0 radical (unpaired) electrons. The van der Waals surface area contributed by atoms with Crippen molar-refractivity contribution in [3.05, 3.63) is 47.0 Å². The normalized spacial score (nSPS) is 12.0. The van der Waals surface area contributed by atoms with Crippen LogP contribution in [-0.4, -0.2) is 16.9 Å². The molecule has 0 aliphatic carbocycles. The van der Waals surface area contributed by atoms with Crippen molar-refractivity contribution in [1.29, 1.82) is 0 Å². The maximum absolute atomic E-state index is 12.2. The molecule has 1 unspecified atom stereocenters. The monoisotopic (exact) mass is 308 g/mol. The molecule has 2 heterocycles. The van der Waals surface area contributed by atoms with Crippen molar-refractivity contribution in [1.82, 2.24) is 10.3 Å². The zero-order valence-corrected chi connectivity index (χ0v) is 12.4. The lowest BCUT2D eigenvalue weighted by molar-refractivity contribution is 0.0933. The highest BCUT2D eigenvalue weighted by Crippen LogP contribution is 2.16. The predicted molar refractivity (Wildman–Crippen MR) is 81.0 cm³/mol. The highest BCUT2D eigenvalue weighted by molar-refractivity contribution is 6.33. The second-order valence-electron chi connectivity index (χ2n) is 4.66. The summed E-state index contributed by atoms with van der Waals surface area (Å²) in [6, 6.07) is 6.89. The molecule has 6 nitrogen and oxygen atoms in total. The Labute approximate surface area is 127 Å². The van der Waals surface area contributed by atoms with Gasteiger partial charge in [-0.25, -0.2) is 10.8 Å². The van der Waals surface area contributed by atoms with Gasteiger partial charge in [0.05, 0.1) is 11.3 Å². The van der Waals surface area contributed by atoms with E-state index in [1.165, 1.54) is 0 Å². The topological polar surface area (TPSA) is 93.2 Å². The number of pyridine rings is 1. The Kier molecular flexibility index (Phi) is 5.19. The van der Waals surface area contributed by atoms with E-state index in [1.807, 2.05) is 19.1 Å². The molecule has 0 fully saturated rings. The Morgan fingerprint density at radius 1 is 1.48 bits per heavy atom. The maximum Gasteiger partial charge on any atom is 0.271 e. The fourth-order valence-corrected chi connectivity index (χ4v) is 2.05. The zero-order valence-electron chi connectivity index (χ0n) is 11.6. The molecule has 21 heavy (non-hydrogen) atoms. The van der Waals surface area contributed by atoms with Gasteiger partial charge in [-0.3, -0.25) is 4.79 Å². The summed E-state index contributed by atoms with van der Waals surface area (Å²) >= 11 is 5.98. The molecule has 0 aliphatic rings. The molecule has 1 atom stereocenters. The molecular formula is C14H17ClN4O2. The molecule has 2 aromatic heterocycles. The first-order valence-electron chi connectivity index (χ1n) is 6.56. The number of hydrazine groups is 1. The highest BCUT2D eigenvalue weighted by Gasteiger charge is 2.15. The number of nitrogen functional groups attached to an aromatic ring is 1. The number of nitrogens with two attached hydrogens (primary N) is 1. The number of hydrogen-bond acceptors (Lipinski definition) is 5. The van der Waals surface area contributed by atoms with Gasteiger partial charge in [-0.1, -0.05) is 11.6 Å². The summed E-state index contributed by atoms with van der Waals surface area (Å²) in [6.07, 6.45) is 3.14. The maximum atomic E-state index is 12.2. The third kappa shape index (κ3) is 4.21. The Bertz CT molecular complexity index is 601. The summed E-state index contributed by atoms with van der Waals surface area (Å²) in [7, 11) is 0. The summed E-state index contributed by atoms with van der Waals surface area (Å²) in [6.45, 7) is 1.92. The molecule has 0 spiro atoms. The average molecular weight is 309 g/mol. The Balaban J connectivity index is 1.94. The van der Waals surface area contributed by atoms with Crippen molar-refractivity contribution in [2.45, 2.75) is 25.8 Å². The summed E-state index contributed by atoms with van der Waals surface area (Å²) in [4.78, 5) is 16.2. The molecule has 4 N–H and O–H groups in total. The number of rotatable bonds is 6. The van der Waals surface area contributed by atoms with Crippen LogP contribution in [0, 0.1) is 0 Å². The first-order chi connectivity index (χ1) is 10.1.